The lowest BCUT2D eigenvalue weighted by atomic mass is 9.99. The minimum Gasteiger partial charge on any atom is -0.396 e. The Labute approximate surface area is 146 Å². The molecule has 2 aliphatic rings. The highest BCUT2D eigenvalue weighted by molar-refractivity contribution is 5.51. The molecule has 2 atom stereocenters. The number of hydrogen-bond donors (Lipinski definition) is 1. The van der Waals surface area contributed by atoms with E-state index in [0.29, 0.717) is 12.0 Å². The van der Waals surface area contributed by atoms with Crippen LogP contribution < -0.4 is 9.80 Å². The monoisotopic (exact) mass is 332 g/mol. The second kappa shape index (κ2) is 8.15. The summed E-state index contributed by atoms with van der Waals surface area (Å²) in [7, 11) is 0. The highest BCUT2D eigenvalue weighted by Crippen LogP contribution is 2.30. The fourth-order valence-corrected chi connectivity index (χ4v) is 4.05. The predicted octanol–water partition coefficient (Wildman–Crippen LogP) is 3.09. The molecule has 1 aromatic heterocycles. The van der Waals surface area contributed by atoms with Crippen molar-refractivity contribution in [3.05, 3.63) is 12.4 Å². The molecule has 1 N–H and O–H groups in total. The van der Waals surface area contributed by atoms with Gasteiger partial charge in [-0.2, -0.15) is 0 Å². The summed E-state index contributed by atoms with van der Waals surface area (Å²) in [5.74, 6) is 3.24. The van der Waals surface area contributed by atoms with Crippen LogP contribution in [0.25, 0.3) is 0 Å². The Hall–Kier alpha value is -1.36. The van der Waals surface area contributed by atoms with Crippen molar-refractivity contribution in [2.75, 3.05) is 36.0 Å². The van der Waals surface area contributed by atoms with Crippen LogP contribution in [0.2, 0.25) is 0 Å². The minimum absolute atomic E-state index is 0.276. The first-order chi connectivity index (χ1) is 11.7. The SMILES string of the molecule is CC(C)CCC1CCCN1c1cc(N2CCCC(CO)C2)ncn1. The number of nitrogens with zero attached hydrogens (tertiary/aromatic N) is 4. The van der Waals surface area contributed by atoms with Crippen LogP contribution in [0.4, 0.5) is 11.6 Å². The normalized spacial score (nSPS) is 24.8. The zero-order valence-corrected chi connectivity index (χ0v) is 15.2. The van der Waals surface area contributed by atoms with E-state index in [2.05, 4.69) is 39.7 Å². The maximum absolute atomic E-state index is 9.45. The van der Waals surface area contributed by atoms with E-state index in [1.54, 1.807) is 6.33 Å². The largest absolute Gasteiger partial charge is 0.396 e. The summed E-state index contributed by atoms with van der Waals surface area (Å²) in [5, 5.41) is 9.45. The van der Waals surface area contributed by atoms with E-state index >= 15 is 0 Å². The van der Waals surface area contributed by atoms with Crippen LogP contribution in [-0.2, 0) is 0 Å². The molecule has 3 rings (SSSR count). The van der Waals surface area contributed by atoms with E-state index < -0.39 is 0 Å². The number of piperidine rings is 1. The van der Waals surface area contributed by atoms with Gasteiger partial charge in [0.1, 0.15) is 18.0 Å². The molecule has 0 bridgehead atoms. The zero-order valence-electron chi connectivity index (χ0n) is 15.2. The molecule has 0 aromatic carbocycles. The molecule has 0 amide bonds. The third-order valence-electron chi connectivity index (χ3n) is 5.49. The van der Waals surface area contributed by atoms with Gasteiger partial charge in [0.2, 0.25) is 0 Å². The number of aromatic nitrogens is 2. The average molecular weight is 332 g/mol. The molecule has 24 heavy (non-hydrogen) atoms. The first-order valence-electron chi connectivity index (χ1n) is 9.62. The van der Waals surface area contributed by atoms with Gasteiger partial charge in [-0.25, -0.2) is 9.97 Å². The number of hydrogen-bond acceptors (Lipinski definition) is 5. The van der Waals surface area contributed by atoms with Crippen LogP contribution in [0, 0.1) is 11.8 Å². The molecule has 2 saturated heterocycles. The molecule has 0 spiro atoms. The molecular formula is C19H32N4O. The number of rotatable bonds is 6. The summed E-state index contributed by atoms with van der Waals surface area (Å²) >= 11 is 0. The van der Waals surface area contributed by atoms with Gasteiger partial charge in [0.25, 0.3) is 0 Å². The summed E-state index contributed by atoms with van der Waals surface area (Å²) in [6.07, 6.45) is 9.04. The first-order valence-corrected chi connectivity index (χ1v) is 9.62. The minimum atomic E-state index is 0.276. The standard InChI is InChI=1S/C19H32N4O/c1-15(2)7-8-17-6-4-10-23(17)19-11-18(20-14-21-19)22-9-3-5-16(12-22)13-24/h11,14-17,24H,3-10,12-13H2,1-2H3. The maximum atomic E-state index is 9.45. The third kappa shape index (κ3) is 4.18. The Bertz CT molecular complexity index is 522. The van der Waals surface area contributed by atoms with E-state index in [1.165, 1.54) is 25.7 Å². The van der Waals surface area contributed by atoms with Crippen molar-refractivity contribution < 1.29 is 5.11 Å². The lowest BCUT2D eigenvalue weighted by Crippen LogP contribution is -2.37. The van der Waals surface area contributed by atoms with Gasteiger partial charge in [-0.3, -0.25) is 0 Å². The van der Waals surface area contributed by atoms with E-state index in [4.69, 9.17) is 0 Å². The third-order valence-corrected chi connectivity index (χ3v) is 5.49. The average Bonchev–Trinajstić information content (AvgIpc) is 3.09. The van der Waals surface area contributed by atoms with Gasteiger partial charge in [0.05, 0.1) is 0 Å². The molecule has 2 fully saturated rings. The second-order valence-corrected chi connectivity index (χ2v) is 7.83. The molecular weight excluding hydrogens is 300 g/mol. The van der Waals surface area contributed by atoms with Gasteiger partial charge in [0.15, 0.2) is 0 Å². The lowest BCUT2D eigenvalue weighted by molar-refractivity contribution is 0.208. The summed E-state index contributed by atoms with van der Waals surface area (Å²) in [6, 6.07) is 2.79. The van der Waals surface area contributed by atoms with Crippen LogP contribution >= 0.6 is 0 Å². The van der Waals surface area contributed by atoms with Crippen molar-refractivity contribution in [3.63, 3.8) is 0 Å². The molecule has 5 nitrogen and oxygen atoms in total. The van der Waals surface area contributed by atoms with Crippen molar-refractivity contribution in [3.8, 4) is 0 Å². The van der Waals surface area contributed by atoms with Gasteiger partial charge in [-0.05, 0) is 50.4 Å². The second-order valence-electron chi connectivity index (χ2n) is 7.83. The van der Waals surface area contributed by atoms with Crippen molar-refractivity contribution in [2.24, 2.45) is 11.8 Å². The Morgan fingerprint density at radius 2 is 1.96 bits per heavy atom. The molecule has 2 aliphatic heterocycles. The van der Waals surface area contributed by atoms with E-state index in [0.717, 1.165) is 50.0 Å². The molecule has 134 valence electrons. The fourth-order valence-electron chi connectivity index (χ4n) is 4.05. The number of anilines is 2. The molecule has 0 saturated carbocycles. The summed E-state index contributed by atoms with van der Waals surface area (Å²) in [4.78, 5) is 13.9. The first kappa shape index (κ1) is 17.5. The summed E-state index contributed by atoms with van der Waals surface area (Å²) < 4.78 is 0. The summed E-state index contributed by atoms with van der Waals surface area (Å²) in [6.45, 7) is 7.93. The topological polar surface area (TPSA) is 52.5 Å². The maximum Gasteiger partial charge on any atom is 0.134 e. The molecule has 0 radical (unpaired) electrons. The predicted molar refractivity (Wildman–Crippen MR) is 98.5 cm³/mol. The van der Waals surface area contributed by atoms with Crippen molar-refractivity contribution in [2.45, 2.75) is 58.4 Å². The van der Waals surface area contributed by atoms with Gasteiger partial charge in [-0.15, -0.1) is 0 Å². The Morgan fingerprint density at radius 3 is 2.75 bits per heavy atom. The Balaban J connectivity index is 1.70. The molecule has 1 aromatic rings. The van der Waals surface area contributed by atoms with Crippen LogP contribution in [0.5, 0.6) is 0 Å². The van der Waals surface area contributed by atoms with Crippen LogP contribution in [-0.4, -0.2) is 47.4 Å². The van der Waals surface area contributed by atoms with Gasteiger partial charge < -0.3 is 14.9 Å². The number of aliphatic hydroxyl groups is 1. The van der Waals surface area contributed by atoms with Crippen LogP contribution in [0.1, 0.15) is 52.4 Å². The summed E-state index contributed by atoms with van der Waals surface area (Å²) in [5.41, 5.74) is 0. The van der Waals surface area contributed by atoms with Crippen LogP contribution in [0.15, 0.2) is 12.4 Å². The Kier molecular flexibility index (Phi) is 5.93. The van der Waals surface area contributed by atoms with E-state index in [-0.39, 0.29) is 6.61 Å². The lowest BCUT2D eigenvalue weighted by Gasteiger charge is -2.33. The highest BCUT2D eigenvalue weighted by atomic mass is 16.3. The van der Waals surface area contributed by atoms with Crippen molar-refractivity contribution >= 4 is 11.6 Å². The van der Waals surface area contributed by atoms with Crippen LogP contribution in [0.3, 0.4) is 0 Å². The highest BCUT2D eigenvalue weighted by Gasteiger charge is 2.27. The number of aliphatic hydroxyl groups excluding tert-OH is 1. The van der Waals surface area contributed by atoms with Gasteiger partial charge >= 0.3 is 0 Å². The van der Waals surface area contributed by atoms with Gasteiger partial charge in [0, 0.05) is 38.3 Å². The zero-order chi connectivity index (χ0) is 16.9. The molecule has 2 unspecified atom stereocenters. The molecule has 5 heteroatoms. The Morgan fingerprint density at radius 1 is 1.17 bits per heavy atom. The van der Waals surface area contributed by atoms with E-state index in [1.807, 2.05) is 0 Å². The fraction of sp³-hybridized carbons (Fsp3) is 0.789. The molecule has 0 aliphatic carbocycles. The van der Waals surface area contributed by atoms with E-state index in [9.17, 15) is 5.11 Å². The van der Waals surface area contributed by atoms with Crippen molar-refractivity contribution in [1.29, 1.82) is 0 Å². The van der Waals surface area contributed by atoms with Crippen molar-refractivity contribution in [1.82, 2.24) is 9.97 Å². The van der Waals surface area contributed by atoms with Gasteiger partial charge in [-0.1, -0.05) is 13.8 Å². The molecule has 3 heterocycles. The quantitative estimate of drug-likeness (QED) is 0.867. The smallest absolute Gasteiger partial charge is 0.134 e.